The molecule has 3 aromatic rings. The van der Waals surface area contributed by atoms with Crippen molar-refractivity contribution in [2.45, 2.75) is 0 Å². The van der Waals surface area contributed by atoms with Gasteiger partial charge in [0.05, 0.1) is 25.4 Å². The second kappa shape index (κ2) is 6.31. The van der Waals surface area contributed by atoms with Crippen LogP contribution in [0.25, 0.3) is 23.1 Å². The van der Waals surface area contributed by atoms with Gasteiger partial charge in [-0.2, -0.15) is 0 Å². The Morgan fingerprint density at radius 2 is 1.55 bits per heavy atom. The van der Waals surface area contributed by atoms with Crippen LogP contribution in [0, 0.1) is 0 Å². The van der Waals surface area contributed by atoms with Crippen LogP contribution in [0.2, 0.25) is 0 Å². The van der Waals surface area contributed by atoms with E-state index in [0.717, 1.165) is 33.7 Å². The zero-order valence-corrected chi connectivity index (χ0v) is 12.6. The van der Waals surface area contributed by atoms with E-state index in [-0.39, 0.29) is 0 Å². The van der Waals surface area contributed by atoms with E-state index in [1.54, 1.807) is 14.2 Å². The molecule has 0 aliphatic heterocycles. The van der Waals surface area contributed by atoms with Gasteiger partial charge < -0.3 is 9.47 Å². The van der Waals surface area contributed by atoms with Crippen molar-refractivity contribution in [3.05, 3.63) is 65.9 Å². The highest BCUT2D eigenvalue weighted by atomic mass is 16.5. The van der Waals surface area contributed by atoms with E-state index < -0.39 is 0 Å². The van der Waals surface area contributed by atoms with Crippen molar-refractivity contribution in [2.24, 2.45) is 0 Å². The van der Waals surface area contributed by atoms with Crippen LogP contribution < -0.4 is 9.47 Å². The molecule has 3 nitrogen and oxygen atoms in total. The fourth-order valence-electron chi connectivity index (χ4n) is 2.28. The highest BCUT2D eigenvalue weighted by Gasteiger charge is 2.00. The van der Waals surface area contributed by atoms with E-state index in [1.807, 2.05) is 54.6 Å². The maximum absolute atomic E-state index is 5.28. The Bertz CT molecular complexity index is 802. The SMILES string of the molecule is COc1cc(/C=C/c2ccc3ccccc3n2)cc(OC)c1. The van der Waals surface area contributed by atoms with Crippen LogP contribution in [0.5, 0.6) is 11.5 Å². The fourth-order valence-corrected chi connectivity index (χ4v) is 2.28. The molecular weight excluding hydrogens is 274 g/mol. The van der Waals surface area contributed by atoms with E-state index in [4.69, 9.17) is 9.47 Å². The molecular formula is C19H17NO2. The molecule has 0 unspecified atom stereocenters. The topological polar surface area (TPSA) is 31.4 Å². The van der Waals surface area contributed by atoms with Crippen LogP contribution in [-0.2, 0) is 0 Å². The van der Waals surface area contributed by atoms with Crippen LogP contribution in [0.15, 0.2) is 54.6 Å². The first-order chi connectivity index (χ1) is 10.8. The number of pyridine rings is 1. The number of rotatable bonds is 4. The lowest BCUT2D eigenvalue weighted by atomic mass is 10.1. The Kier molecular flexibility index (Phi) is 4.05. The lowest BCUT2D eigenvalue weighted by Gasteiger charge is -2.05. The summed E-state index contributed by atoms with van der Waals surface area (Å²) in [5.41, 5.74) is 2.92. The van der Waals surface area contributed by atoms with Crippen molar-refractivity contribution in [2.75, 3.05) is 14.2 Å². The molecule has 0 atom stereocenters. The van der Waals surface area contributed by atoms with Gasteiger partial charge in [0.1, 0.15) is 11.5 Å². The van der Waals surface area contributed by atoms with Crippen molar-refractivity contribution in [3.8, 4) is 11.5 Å². The lowest BCUT2D eigenvalue weighted by molar-refractivity contribution is 0.394. The Morgan fingerprint density at radius 3 is 2.27 bits per heavy atom. The maximum Gasteiger partial charge on any atom is 0.123 e. The zero-order chi connectivity index (χ0) is 15.4. The van der Waals surface area contributed by atoms with E-state index in [2.05, 4.69) is 17.1 Å². The van der Waals surface area contributed by atoms with E-state index in [9.17, 15) is 0 Å². The average Bonchev–Trinajstić information content (AvgIpc) is 2.59. The average molecular weight is 291 g/mol. The normalized spacial score (nSPS) is 11.0. The third-order valence-corrected chi connectivity index (χ3v) is 3.44. The molecule has 0 aliphatic carbocycles. The highest BCUT2D eigenvalue weighted by Crippen LogP contribution is 2.24. The van der Waals surface area contributed by atoms with Crippen molar-refractivity contribution in [3.63, 3.8) is 0 Å². The minimum absolute atomic E-state index is 0.769. The Hall–Kier alpha value is -2.81. The molecule has 0 amide bonds. The summed E-state index contributed by atoms with van der Waals surface area (Å²) >= 11 is 0. The summed E-state index contributed by atoms with van der Waals surface area (Å²) < 4.78 is 10.6. The first kappa shape index (κ1) is 14.1. The van der Waals surface area contributed by atoms with Crippen molar-refractivity contribution >= 4 is 23.1 Å². The van der Waals surface area contributed by atoms with Gasteiger partial charge in [-0.1, -0.05) is 30.3 Å². The lowest BCUT2D eigenvalue weighted by Crippen LogP contribution is -1.88. The van der Waals surface area contributed by atoms with Gasteiger partial charge in [0.15, 0.2) is 0 Å². The minimum Gasteiger partial charge on any atom is -0.497 e. The van der Waals surface area contributed by atoms with E-state index in [1.165, 1.54) is 0 Å². The van der Waals surface area contributed by atoms with Gasteiger partial charge in [-0.05, 0) is 35.9 Å². The van der Waals surface area contributed by atoms with Crippen LogP contribution in [0.4, 0.5) is 0 Å². The molecule has 3 rings (SSSR count). The Morgan fingerprint density at radius 1 is 0.818 bits per heavy atom. The molecule has 2 aromatic carbocycles. The predicted octanol–water partition coefficient (Wildman–Crippen LogP) is 4.42. The van der Waals surface area contributed by atoms with Crippen LogP contribution in [0.1, 0.15) is 11.3 Å². The predicted molar refractivity (Wildman–Crippen MR) is 90.2 cm³/mol. The fraction of sp³-hybridized carbons (Fsp3) is 0.105. The minimum atomic E-state index is 0.769. The number of ether oxygens (including phenoxy) is 2. The number of nitrogens with zero attached hydrogens (tertiary/aromatic N) is 1. The summed E-state index contributed by atoms with van der Waals surface area (Å²) in [7, 11) is 3.29. The summed E-state index contributed by atoms with van der Waals surface area (Å²) in [6, 6.07) is 17.9. The van der Waals surface area contributed by atoms with Crippen LogP contribution >= 0.6 is 0 Å². The van der Waals surface area contributed by atoms with Crippen molar-refractivity contribution < 1.29 is 9.47 Å². The van der Waals surface area contributed by atoms with E-state index >= 15 is 0 Å². The number of benzene rings is 2. The second-order valence-electron chi connectivity index (χ2n) is 4.91. The summed E-state index contributed by atoms with van der Waals surface area (Å²) in [6.45, 7) is 0. The molecule has 22 heavy (non-hydrogen) atoms. The number of hydrogen-bond acceptors (Lipinski definition) is 3. The summed E-state index contributed by atoms with van der Waals surface area (Å²) in [6.07, 6.45) is 3.99. The summed E-state index contributed by atoms with van der Waals surface area (Å²) in [5.74, 6) is 1.54. The first-order valence-corrected chi connectivity index (χ1v) is 7.05. The van der Waals surface area contributed by atoms with Gasteiger partial charge in [0.2, 0.25) is 0 Å². The number of fused-ring (bicyclic) bond motifs is 1. The molecule has 0 spiro atoms. The molecule has 0 aliphatic rings. The number of aromatic nitrogens is 1. The van der Waals surface area contributed by atoms with Crippen LogP contribution in [0.3, 0.4) is 0 Å². The van der Waals surface area contributed by atoms with Gasteiger partial charge in [0.25, 0.3) is 0 Å². The number of methoxy groups -OCH3 is 2. The summed E-state index contributed by atoms with van der Waals surface area (Å²) in [5, 5.41) is 1.14. The van der Waals surface area contributed by atoms with Gasteiger partial charge in [-0.25, -0.2) is 4.98 Å². The molecule has 1 aromatic heterocycles. The molecule has 3 heteroatoms. The smallest absolute Gasteiger partial charge is 0.123 e. The number of hydrogen-bond donors (Lipinski definition) is 0. The molecule has 0 radical (unpaired) electrons. The third-order valence-electron chi connectivity index (χ3n) is 3.44. The van der Waals surface area contributed by atoms with Gasteiger partial charge in [-0.15, -0.1) is 0 Å². The largest absolute Gasteiger partial charge is 0.497 e. The summed E-state index contributed by atoms with van der Waals surface area (Å²) in [4.78, 5) is 4.63. The molecule has 0 saturated heterocycles. The maximum atomic E-state index is 5.28. The van der Waals surface area contributed by atoms with Gasteiger partial charge >= 0.3 is 0 Å². The molecule has 0 saturated carbocycles. The second-order valence-corrected chi connectivity index (χ2v) is 4.91. The van der Waals surface area contributed by atoms with Crippen molar-refractivity contribution in [1.82, 2.24) is 4.98 Å². The molecule has 0 fully saturated rings. The quantitative estimate of drug-likeness (QED) is 0.713. The molecule has 1 heterocycles. The zero-order valence-electron chi connectivity index (χ0n) is 12.6. The molecule has 0 N–H and O–H groups in total. The van der Waals surface area contributed by atoms with Crippen LogP contribution in [-0.4, -0.2) is 19.2 Å². The van der Waals surface area contributed by atoms with Crippen molar-refractivity contribution in [1.29, 1.82) is 0 Å². The first-order valence-electron chi connectivity index (χ1n) is 7.05. The molecule has 0 bridgehead atoms. The standard InChI is InChI=1S/C19H17NO2/c1-21-17-11-14(12-18(13-17)22-2)7-9-16-10-8-15-5-3-4-6-19(15)20-16/h3-13H,1-2H3/b9-7+. The number of para-hydroxylation sites is 1. The highest BCUT2D eigenvalue weighted by molar-refractivity contribution is 5.80. The third kappa shape index (κ3) is 3.09. The Balaban J connectivity index is 1.91. The Labute approximate surface area is 129 Å². The van der Waals surface area contributed by atoms with Gasteiger partial charge in [0, 0.05) is 11.5 Å². The van der Waals surface area contributed by atoms with E-state index in [0.29, 0.717) is 0 Å². The monoisotopic (exact) mass is 291 g/mol. The molecule has 110 valence electrons. The van der Waals surface area contributed by atoms with Gasteiger partial charge in [-0.3, -0.25) is 0 Å².